The van der Waals surface area contributed by atoms with Gasteiger partial charge in [0.25, 0.3) is 0 Å². The number of imidazole rings is 2. The number of hydrogen-bond donors (Lipinski definition) is 2. The van der Waals surface area contributed by atoms with E-state index in [2.05, 4.69) is 19.9 Å². The van der Waals surface area contributed by atoms with Crippen LogP contribution in [0.15, 0.2) is 121 Å². The Balaban J connectivity index is 0.000000192. The van der Waals surface area contributed by atoms with E-state index in [4.69, 9.17) is 18.9 Å². The van der Waals surface area contributed by atoms with Crippen LogP contribution in [0.1, 0.15) is 76.9 Å². The van der Waals surface area contributed by atoms with E-state index >= 15 is 17.6 Å². The molecule has 0 amide bonds. The van der Waals surface area contributed by atoms with Gasteiger partial charge in [-0.1, -0.05) is 48.5 Å². The molecule has 0 atom stereocenters. The normalized spacial score (nSPS) is 13.3. The molecule has 488 valence electrons. The first-order valence-corrected chi connectivity index (χ1v) is 32.6. The van der Waals surface area contributed by atoms with Crippen LogP contribution in [-0.4, -0.2) is 117 Å². The van der Waals surface area contributed by atoms with Crippen molar-refractivity contribution in [2.75, 3.05) is 39.9 Å². The highest BCUT2D eigenvalue weighted by Crippen LogP contribution is 2.34. The third-order valence-corrected chi connectivity index (χ3v) is 18.3. The fourth-order valence-corrected chi connectivity index (χ4v) is 12.6. The molecule has 6 heterocycles. The fraction of sp³-hybridized carbons (Fsp3) is 0.242. The van der Waals surface area contributed by atoms with E-state index in [-0.39, 0.29) is 156 Å². The number of hydrogen-bond acceptors (Lipinski definition) is 14. The van der Waals surface area contributed by atoms with E-state index in [0.29, 0.717) is 13.1 Å². The van der Waals surface area contributed by atoms with Gasteiger partial charge >= 0.3 is 11.9 Å². The van der Waals surface area contributed by atoms with Crippen LogP contribution in [0.3, 0.4) is 0 Å². The number of carbonyl (C=O) groups is 2. The highest BCUT2D eigenvalue weighted by Gasteiger charge is 2.29. The first kappa shape index (κ1) is 65.9. The van der Waals surface area contributed by atoms with Gasteiger partial charge in [0.05, 0.1) is 59.3 Å². The first-order valence-electron chi connectivity index (χ1n) is 28.9. The Morgan fingerprint density at radius 3 is 1.24 bits per heavy atom. The van der Waals surface area contributed by atoms with Crippen molar-refractivity contribution in [3.05, 3.63) is 224 Å². The Morgan fingerprint density at radius 1 is 0.479 bits per heavy atom. The Morgan fingerprint density at radius 2 is 0.872 bits per heavy atom. The van der Waals surface area contributed by atoms with Gasteiger partial charge in [-0.05, 0) is 105 Å². The number of aromatic carboxylic acids is 2. The number of nitrogens with zero attached hydrogens (tertiary/aromatic N) is 8. The van der Waals surface area contributed by atoms with Crippen molar-refractivity contribution in [2.45, 2.75) is 65.3 Å². The molecule has 0 saturated carbocycles. The number of halogens is 6. The van der Waals surface area contributed by atoms with Crippen LogP contribution in [0, 0.1) is 34.9 Å². The SMILES string of the molecule is COCCn1c(Cc2cc(F)c(-c3cccc(OCc4ccc5c(c4)CN(S(C)(=O)=O)C5)n3)cc2F)nc2c(F)cc(C(=O)O)cc21.COCCn1c(Cc2cc(F)c(-c3cccc(OCc4ccc5c(c4)CN(S(C)(=O)=O)C5)n3)cc2F)nc2c(F)cc(C(=O)O)cc21. The predicted molar refractivity (Wildman–Crippen MR) is 332 cm³/mol. The van der Waals surface area contributed by atoms with Gasteiger partial charge in [-0.15, -0.1) is 0 Å². The molecule has 0 saturated heterocycles. The number of benzene rings is 6. The Kier molecular flexibility index (Phi) is 19.0. The van der Waals surface area contributed by atoms with E-state index < -0.39 is 66.9 Å². The van der Waals surface area contributed by atoms with Crippen molar-refractivity contribution < 1.29 is 81.9 Å². The summed E-state index contributed by atoms with van der Waals surface area (Å²) in [6.45, 7) is 2.17. The monoisotopic (exact) mass is 1330 g/mol. The van der Waals surface area contributed by atoms with E-state index in [1.165, 1.54) is 68.7 Å². The molecule has 10 aromatic rings. The summed E-state index contributed by atoms with van der Waals surface area (Å²) in [5.41, 5.74) is 4.89. The predicted octanol–water partition coefficient (Wildman–Crippen LogP) is 10.6. The lowest BCUT2D eigenvalue weighted by Crippen LogP contribution is -2.23. The molecule has 0 unspecified atom stereocenters. The fourth-order valence-electron chi connectivity index (χ4n) is 11.1. The third kappa shape index (κ3) is 14.5. The van der Waals surface area contributed by atoms with Crippen LogP contribution in [-0.2, 0) is 94.8 Å². The molecule has 0 radical (unpaired) electrons. The van der Waals surface area contributed by atoms with E-state index in [1.807, 2.05) is 36.4 Å². The van der Waals surface area contributed by atoms with Gasteiger partial charge in [-0.2, -0.15) is 8.61 Å². The lowest BCUT2D eigenvalue weighted by Gasteiger charge is -2.12. The van der Waals surface area contributed by atoms with Gasteiger partial charge in [0, 0.05) is 89.6 Å². The number of carboxylic acid groups (broad SMARTS) is 2. The molecule has 4 aromatic heterocycles. The molecule has 0 aliphatic carbocycles. The Labute approximate surface area is 534 Å². The molecule has 28 heteroatoms. The molecular weight excluding hydrogens is 1270 g/mol. The van der Waals surface area contributed by atoms with Crippen LogP contribution in [0.5, 0.6) is 11.8 Å². The highest BCUT2D eigenvalue weighted by molar-refractivity contribution is 7.88. The summed E-state index contributed by atoms with van der Waals surface area (Å²) in [6.07, 6.45) is 1.94. The van der Waals surface area contributed by atoms with Crippen molar-refractivity contribution in [3.63, 3.8) is 0 Å². The van der Waals surface area contributed by atoms with Crippen LogP contribution in [0.2, 0.25) is 0 Å². The average Bonchev–Trinajstić information content (AvgIpc) is 1.60. The number of rotatable bonds is 22. The number of ether oxygens (including phenoxy) is 4. The molecule has 12 rings (SSSR count). The van der Waals surface area contributed by atoms with Gasteiger partial charge in [0.1, 0.15) is 59.2 Å². The summed E-state index contributed by atoms with van der Waals surface area (Å²) in [5.74, 6) is -6.54. The molecule has 6 aromatic carbocycles. The Hall–Kier alpha value is -9.58. The quantitative estimate of drug-likeness (QED) is 0.0599. The van der Waals surface area contributed by atoms with Crippen LogP contribution in [0.25, 0.3) is 44.6 Å². The lowest BCUT2D eigenvalue weighted by atomic mass is 10.0. The number of fused-ring (bicyclic) bond motifs is 4. The molecule has 0 bridgehead atoms. The maximum atomic E-state index is 15.5. The Bertz CT molecular complexity index is 4580. The van der Waals surface area contributed by atoms with Gasteiger partial charge < -0.3 is 38.3 Å². The van der Waals surface area contributed by atoms with Crippen molar-refractivity contribution >= 4 is 54.1 Å². The summed E-state index contributed by atoms with van der Waals surface area (Å²) in [4.78, 5) is 40.3. The van der Waals surface area contributed by atoms with E-state index in [9.17, 15) is 45.4 Å². The third-order valence-electron chi connectivity index (χ3n) is 15.9. The minimum absolute atomic E-state index is 0.0439. The van der Waals surface area contributed by atoms with Gasteiger partial charge in [-0.3, -0.25) is 0 Å². The van der Waals surface area contributed by atoms with Crippen molar-refractivity contribution in [3.8, 4) is 34.3 Å². The molecule has 94 heavy (non-hydrogen) atoms. The first-order chi connectivity index (χ1) is 44.8. The zero-order valence-corrected chi connectivity index (χ0v) is 52.3. The molecule has 2 N–H and O–H groups in total. The summed E-state index contributed by atoms with van der Waals surface area (Å²) in [6, 6.07) is 29.0. The second kappa shape index (κ2) is 27.2. The zero-order valence-electron chi connectivity index (χ0n) is 50.7. The van der Waals surface area contributed by atoms with Crippen molar-refractivity contribution in [2.24, 2.45) is 0 Å². The molecular formula is C66H58F6N8O12S2. The maximum absolute atomic E-state index is 15.5. The summed E-state index contributed by atoms with van der Waals surface area (Å²) >= 11 is 0. The lowest BCUT2D eigenvalue weighted by molar-refractivity contribution is 0.0686. The summed E-state index contributed by atoms with van der Waals surface area (Å²) in [7, 11) is -3.70. The minimum atomic E-state index is -3.32. The van der Waals surface area contributed by atoms with Crippen molar-refractivity contribution in [1.29, 1.82) is 0 Å². The van der Waals surface area contributed by atoms with Crippen LogP contribution < -0.4 is 9.47 Å². The highest BCUT2D eigenvalue weighted by atomic mass is 32.2. The summed E-state index contributed by atoms with van der Waals surface area (Å²) < 4.78 is 167. The standard InChI is InChI=1S/2C33H29F3N4O6S/c2*1-45-9-8-40-29-13-22(33(41)42)12-27(36)32(29)38-30(40)14-21-11-26(35)24(15-25(21)34)28-4-3-5-31(37-28)46-18-19-6-7-20-16-39(47(2,43)44)17-23(20)10-19/h2*3-7,10-13,15H,8-9,14,16-18H2,1-2H3,(H,41,42). The van der Waals surface area contributed by atoms with E-state index in [0.717, 1.165) is 69.8 Å². The topological polar surface area (TPSA) is 248 Å². The second-order valence-corrected chi connectivity index (χ2v) is 26.3. The maximum Gasteiger partial charge on any atom is 0.335 e. The van der Waals surface area contributed by atoms with E-state index in [1.54, 1.807) is 24.3 Å². The molecule has 2 aliphatic rings. The van der Waals surface area contributed by atoms with Gasteiger partial charge in [0.15, 0.2) is 11.6 Å². The smallest absolute Gasteiger partial charge is 0.335 e. The van der Waals surface area contributed by atoms with Crippen LogP contribution in [0.4, 0.5) is 26.3 Å². The molecule has 2 aliphatic heterocycles. The number of pyridine rings is 2. The number of sulfonamides is 2. The zero-order chi connectivity index (χ0) is 66.9. The van der Waals surface area contributed by atoms with Crippen molar-refractivity contribution in [1.82, 2.24) is 37.7 Å². The number of carboxylic acids is 2. The molecule has 0 fully saturated rings. The largest absolute Gasteiger partial charge is 0.478 e. The van der Waals surface area contributed by atoms with Gasteiger partial charge in [-0.25, -0.2) is 72.7 Å². The van der Waals surface area contributed by atoms with Gasteiger partial charge in [0.2, 0.25) is 31.8 Å². The average molecular weight is 1330 g/mol. The number of aromatic nitrogens is 6. The molecule has 0 spiro atoms. The minimum Gasteiger partial charge on any atom is -0.478 e. The summed E-state index contributed by atoms with van der Waals surface area (Å²) in [5, 5.41) is 18.8. The number of methoxy groups -OCH3 is 2. The second-order valence-electron chi connectivity index (χ2n) is 22.4. The molecule has 20 nitrogen and oxygen atoms in total. The van der Waals surface area contributed by atoms with Crippen LogP contribution >= 0.6 is 0 Å².